The number of ether oxygens (including phenoxy) is 1. The molecule has 124 valence electrons. The molecule has 0 fully saturated rings. The normalized spacial score (nSPS) is 11.1. The van der Waals surface area contributed by atoms with Crippen molar-refractivity contribution in [2.24, 2.45) is 0 Å². The van der Waals surface area contributed by atoms with Gasteiger partial charge in [0.05, 0.1) is 18.2 Å². The number of nitrogens with zero attached hydrogens (tertiary/aromatic N) is 1. The Bertz CT molecular complexity index is 1160. The molecule has 0 radical (unpaired) electrons. The number of rotatable bonds is 2. The molecular formula is C20H17N3O2. The Kier molecular flexibility index (Phi) is 3.42. The number of benzene rings is 2. The van der Waals surface area contributed by atoms with E-state index >= 15 is 0 Å². The van der Waals surface area contributed by atoms with Gasteiger partial charge in [-0.25, -0.2) is 4.98 Å². The highest BCUT2D eigenvalue weighted by molar-refractivity contribution is 6.08. The summed E-state index contributed by atoms with van der Waals surface area (Å²) in [4.78, 5) is 4.47. The van der Waals surface area contributed by atoms with E-state index in [1.165, 1.54) is 0 Å². The highest BCUT2D eigenvalue weighted by Crippen LogP contribution is 2.30. The van der Waals surface area contributed by atoms with Crippen molar-refractivity contribution < 1.29 is 9.15 Å². The zero-order chi connectivity index (χ0) is 17.6. The van der Waals surface area contributed by atoms with Crippen molar-refractivity contribution in [3.05, 3.63) is 59.6 Å². The van der Waals surface area contributed by atoms with Gasteiger partial charge in [0.2, 0.25) is 5.55 Å². The van der Waals surface area contributed by atoms with Crippen LogP contribution in [0.2, 0.25) is 0 Å². The first-order chi connectivity index (χ1) is 12.1. The second kappa shape index (κ2) is 5.63. The number of aromatic nitrogens is 1. The van der Waals surface area contributed by atoms with Gasteiger partial charge >= 0.3 is 0 Å². The average molecular weight is 331 g/mol. The molecule has 3 N–H and O–H groups in total. The summed E-state index contributed by atoms with van der Waals surface area (Å²) in [5.74, 6) is 1.08. The number of nitrogens with two attached hydrogens (primary N) is 1. The molecule has 5 nitrogen and oxygen atoms in total. The third-order valence-corrected chi connectivity index (χ3v) is 4.30. The summed E-state index contributed by atoms with van der Waals surface area (Å²) in [6.45, 7) is 2.02. The van der Waals surface area contributed by atoms with Gasteiger partial charge in [-0.05, 0) is 49.4 Å². The third-order valence-electron chi connectivity index (χ3n) is 4.30. The Labute approximate surface area is 144 Å². The fourth-order valence-corrected chi connectivity index (χ4v) is 3.03. The van der Waals surface area contributed by atoms with Gasteiger partial charge in [0.15, 0.2) is 0 Å². The second-order valence-corrected chi connectivity index (χ2v) is 5.97. The minimum absolute atomic E-state index is 0.0256. The van der Waals surface area contributed by atoms with Crippen LogP contribution in [-0.4, -0.2) is 12.1 Å². The van der Waals surface area contributed by atoms with Crippen LogP contribution in [0.1, 0.15) is 5.56 Å². The molecule has 0 aliphatic rings. The smallest absolute Gasteiger partial charge is 0.223 e. The summed E-state index contributed by atoms with van der Waals surface area (Å²) in [6.07, 6.45) is 0. The number of anilines is 1. The molecule has 0 atom stereocenters. The molecule has 0 saturated heterocycles. The molecule has 0 unspecified atom stereocenters. The monoisotopic (exact) mass is 331 g/mol. The Morgan fingerprint density at radius 1 is 1.04 bits per heavy atom. The maximum Gasteiger partial charge on any atom is 0.223 e. The molecule has 5 heteroatoms. The minimum atomic E-state index is 0.0256. The van der Waals surface area contributed by atoms with Crippen molar-refractivity contribution in [3.63, 3.8) is 0 Å². The Morgan fingerprint density at radius 2 is 1.80 bits per heavy atom. The largest absolute Gasteiger partial charge is 0.497 e. The Morgan fingerprint density at radius 3 is 2.52 bits per heavy atom. The van der Waals surface area contributed by atoms with E-state index in [9.17, 15) is 0 Å². The van der Waals surface area contributed by atoms with Gasteiger partial charge in [-0.3, -0.25) is 5.41 Å². The SMILES string of the molecule is COc1ccc(-c2cc3c(c(N)n2)c(=N)oc2ccc(C)cc23)cc1. The molecule has 2 aromatic carbocycles. The first kappa shape index (κ1) is 15.2. The van der Waals surface area contributed by atoms with Gasteiger partial charge in [-0.2, -0.15) is 0 Å². The predicted octanol–water partition coefficient (Wildman–Crippen LogP) is 4.03. The van der Waals surface area contributed by atoms with Gasteiger partial charge in [0.1, 0.15) is 17.2 Å². The summed E-state index contributed by atoms with van der Waals surface area (Å²) >= 11 is 0. The molecule has 0 bridgehead atoms. The van der Waals surface area contributed by atoms with Gasteiger partial charge in [0, 0.05) is 16.3 Å². The minimum Gasteiger partial charge on any atom is -0.497 e. The van der Waals surface area contributed by atoms with Crippen LogP contribution in [0.5, 0.6) is 5.75 Å². The van der Waals surface area contributed by atoms with E-state index in [0.29, 0.717) is 16.8 Å². The maximum atomic E-state index is 8.17. The van der Waals surface area contributed by atoms with Crippen molar-refractivity contribution in [2.75, 3.05) is 12.8 Å². The standard InChI is InChI=1S/C20H17N3O2/c1-11-3-8-17-14(9-11)15-10-16(12-4-6-13(24-2)7-5-12)23-19(21)18(15)20(22)25-17/h3-10,22H,1-2H3,(H2,21,23). The fourth-order valence-electron chi connectivity index (χ4n) is 3.03. The predicted molar refractivity (Wildman–Crippen MR) is 98.5 cm³/mol. The topological polar surface area (TPSA) is 85.1 Å². The molecule has 2 aromatic heterocycles. The van der Waals surface area contributed by atoms with E-state index in [1.54, 1.807) is 7.11 Å². The molecule has 4 rings (SSSR count). The Balaban J connectivity index is 2.06. The highest BCUT2D eigenvalue weighted by Gasteiger charge is 2.12. The first-order valence-electron chi connectivity index (χ1n) is 7.89. The van der Waals surface area contributed by atoms with Crippen molar-refractivity contribution in [1.29, 1.82) is 5.41 Å². The van der Waals surface area contributed by atoms with Crippen LogP contribution in [0.3, 0.4) is 0 Å². The maximum absolute atomic E-state index is 8.17. The van der Waals surface area contributed by atoms with Crippen LogP contribution >= 0.6 is 0 Å². The molecule has 2 heterocycles. The zero-order valence-electron chi connectivity index (χ0n) is 14.0. The third kappa shape index (κ3) is 2.50. The summed E-state index contributed by atoms with van der Waals surface area (Å²) in [5, 5.41) is 10.5. The number of nitrogens with one attached hydrogen (secondary N) is 1. The summed E-state index contributed by atoms with van der Waals surface area (Å²) in [6, 6.07) is 15.5. The molecule has 4 aromatic rings. The van der Waals surface area contributed by atoms with Crippen molar-refractivity contribution in [2.45, 2.75) is 6.92 Å². The van der Waals surface area contributed by atoms with Crippen LogP contribution < -0.4 is 16.0 Å². The number of hydrogen-bond acceptors (Lipinski definition) is 5. The van der Waals surface area contributed by atoms with E-state index in [0.717, 1.165) is 33.3 Å². The van der Waals surface area contributed by atoms with Crippen molar-refractivity contribution in [3.8, 4) is 17.0 Å². The van der Waals surface area contributed by atoms with Crippen molar-refractivity contribution >= 4 is 27.6 Å². The molecule has 25 heavy (non-hydrogen) atoms. The molecule has 0 amide bonds. The molecule has 0 aliphatic heterocycles. The number of pyridine rings is 1. The summed E-state index contributed by atoms with van der Waals surface area (Å²) < 4.78 is 10.8. The first-order valence-corrected chi connectivity index (χ1v) is 7.89. The quantitative estimate of drug-likeness (QED) is 0.543. The summed E-state index contributed by atoms with van der Waals surface area (Å²) in [7, 11) is 1.63. The van der Waals surface area contributed by atoms with Gasteiger partial charge in [-0.1, -0.05) is 11.6 Å². The number of nitrogen functional groups attached to an aromatic ring is 1. The van der Waals surface area contributed by atoms with Gasteiger partial charge < -0.3 is 14.9 Å². The zero-order valence-corrected chi connectivity index (χ0v) is 14.0. The van der Waals surface area contributed by atoms with Crippen LogP contribution in [0.4, 0.5) is 5.82 Å². The molecule has 0 aliphatic carbocycles. The second-order valence-electron chi connectivity index (χ2n) is 5.97. The fraction of sp³-hybridized carbons (Fsp3) is 0.100. The van der Waals surface area contributed by atoms with Gasteiger partial charge in [0.25, 0.3) is 0 Å². The number of methoxy groups -OCH3 is 1. The number of hydrogen-bond donors (Lipinski definition) is 2. The lowest BCUT2D eigenvalue weighted by Gasteiger charge is -2.10. The lowest BCUT2D eigenvalue weighted by molar-refractivity contribution is 0.415. The van der Waals surface area contributed by atoms with Crippen LogP contribution in [0.15, 0.2) is 52.9 Å². The average Bonchev–Trinajstić information content (AvgIpc) is 2.62. The van der Waals surface area contributed by atoms with E-state index in [1.807, 2.05) is 55.5 Å². The van der Waals surface area contributed by atoms with Crippen molar-refractivity contribution in [1.82, 2.24) is 4.98 Å². The number of aryl methyl sites for hydroxylation is 1. The van der Waals surface area contributed by atoms with E-state index < -0.39 is 0 Å². The lowest BCUT2D eigenvalue weighted by Crippen LogP contribution is -2.06. The Hall–Kier alpha value is -3.34. The molecule has 0 spiro atoms. The van der Waals surface area contributed by atoms with E-state index in [2.05, 4.69) is 4.98 Å². The molecular weight excluding hydrogens is 314 g/mol. The number of fused-ring (bicyclic) bond motifs is 3. The van der Waals surface area contributed by atoms with Crippen LogP contribution in [0.25, 0.3) is 33.0 Å². The lowest BCUT2D eigenvalue weighted by atomic mass is 10.0. The summed E-state index contributed by atoms with van der Waals surface area (Å²) in [5.41, 5.74) is 9.65. The van der Waals surface area contributed by atoms with E-state index in [4.69, 9.17) is 20.3 Å². The van der Waals surface area contributed by atoms with Crippen LogP contribution in [0, 0.1) is 12.3 Å². The van der Waals surface area contributed by atoms with Crippen LogP contribution in [-0.2, 0) is 0 Å². The van der Waals surface area contributed by atoms with Gasteiger partial charge in [-0.15, -0.1) is 0 Å². The van der Waals surface area contributed by atoms with E-state index in [-0.39, 0.29) is 5.55 Å². The highest BCUT2D eigenvalue weighted by atomic mass is 16.5. The molecule has 0 saturated carbocycles.